The molecule has 0 fully saturated rings. The molecule has 3 nitrogen and oxygen atoms in total. The fourth-order valence-electron chi connectivity index (χ4n) is 2.08. The minimum Gasteiger partial charge on any atom is -0.398 e. The van der Waals surface area contributed by atoms with E-state index in [1.54, 1.807) is 18.0 Å². The minimum atomic E-state index is 0.812. The third-order valence-corrected chi connectivity index (χ3v) is 4.19. The molecule has 0 aliphatic carbocycles. The van der Waals surface area contributed by atoms with Crippen molar-refractivity contribution in [2.24, 2.45) is 0 Å². The maximum atomic E-state index is 6.08. The second-order valence-corrected chi connectivity index (χ2v) is 5.64. The van der Waals surface area contributed by atoms with Gasteiger partial charge in [0.15, 0.2) is 0 Å². The van der Waals surface area contributed by atoms with Gasteiger partial charge in [-0.3, -0.25) is 5.10 Å². The van der Waals surface area contributed by atoms with Gasteiger partial charge in [0.25, 0.3) is 0 Å². The molecule has 3 rings (SSSR count). The minimum absolute atomic E-state index is 0.812. The van der Waals surface area contributed by atoms with E-state index in [1.165, 1.54) is 11.1 Å². The number of H-pyrrole nitrogens is 1. The van der Waals surface area contributed by atoms with Crippen LogP contribution in [-0.4, -0.2) is 10.2 Å². The maximum absolute atomic E-state index is 6.08. The first kappa shape index (κ1) is 12.1. The van der Waals surface area contributed by atoms with Gasteiger partial charge in [-0.15, -0.1) is 11.8 Å². The van der Waals surface area contributed by atoms with Crippen LogP contribution in [0.15, 0.2) is 47.5 Å². The van der Waals surface area contributed by atoms with Gasteiger partial charge in [-0.25, -0.2) is 0 Å². The van der Waals surface area contributed by atoms with Gasteiger partial charge >= 0.3 is 0 Å². The largest absolute Gasteiger partial charge is 0.398 e. The first-order valence-corrected chi connectivity index (χ1v) is 7.12. The molecule has 0 saturated heterocycles. The third-order valence-electron chi connectivity index (χ3n) is 3.05. The molecule has 96 valence electrons. The van der Waals surface area contributed by atoms with Crippen LogP contribution < -0.4 is 5.73 Å². The summed E-state index contributed by atoms with van der Waals surface area (Å²) in [6.07, 6.45) is 1.79. The second-order valence-electron chi connectivity index (χ2n) is 4.63. The molecule has 0 radical (unpaired) electrons. The summed E-state index contributed by atoms with van der Waals surface area (Å²) in [6.45, 7) is 2.11. The number of rotatable bonds is 3. The van der Waals surface area contributed by atoms with E-state index in [0.717, 1.165) is 27.2 Å². The van der Waals surface area contributed by atoms with Gasteiger partial charge in [-0.05, 0) is 24.6 Å². The molecular weight excluding hydrogens is 254 g/mol. The van der Waals surface area contributed by atoms with Crippen LogP contribution in [0, 0.1) is 6.92 Å². The lowest BCUT2D eigenvalue weighted by molar-refractivity contribution is 1.12. The summed E-state index contributed by atoms with van der Waals surface area (Å²) >= 11 is 1.75. The standard InChI is InChI=1S/C15H15N3S/c1-10-3-2-4-11(5-10)9-19-15-7-14-12(6-13(15)16)8-17-18-14/h2-8H,9,16H2,1H3,(H,17,18). The highest BCUT2D eigenvalue weighted by atomic mass is 32.2. The lowest BCUT2D eigenvalue weighted by Gasteiger charge is -2.06. The van der Waals surface area contributed by atoms with E-state index in [0.29, 0.717) is 0 Å². The van der Waals surface area contributed by atoms with Crippen LogP contribution in [0.4, 0.5) is 5.69 Å². The van der Waals surface area contributed by atoms with Crippen molar-refractivity contribution in [1.82, 2.24) is 10.2 Å². The monoisotopic (exact) mass is 269 g/mol. The third kappa shape index (κ3) is 2.58. The number of hydrogen-bond donors (Lipinski definition) is 2. The highest BCUT2D eigenvalue weighted by molar-refractivity contribution is 7.98. The fourth-order valence-corrected chi connectivity index (χ4v) is 3.01. The molecule has 0 atom stereocenters. The molecule has 0 aliphatic heterocycles. The molecule has 2 aromatic carbocycles. The predicted octanol–water partition coefficient (Wildman–Crippen LogP) is 3.75. The number of aryl methyl sites for hydroxylation is 1. The summed E-state index contributed by atoms with van der Waals surface area (Å²) in [6, 6.07) is 12.6. The molecule has 19 heavy (non-hydrogen) atoms. The van der Waals surface area contributed by atoms with Crippen molar-refractivity contribution in [2.75, 3.05) is 5.73 Å². The number of nitrogens with two attached hydrogens (primary N) is 1. The van der Waals surface area contributed by atoms with E-state index in [4.69, 9.17) is 5.73 Å². The first-order valence-electron chi connectivity index (χ1n) is 6.13. The molecule has 0 amide bonds. The quantitative estimate of drug-likeness (QED) is 0.562. The molecule has 3 aromatic rings. The van der Waals surface area contributed by atoms with Crippen molar-refractivity contribution in [3.63, 3.8) is 0 Å². The van der Waals surface area contributed by atoms with E-state index in [-0.39, 0.29) is 0 Å². The number of benzene rings is 2. The van der Waals surface area contributed by atoms with Crippen LogP contribution in [-0.2, 0) is 5.75 Å². The zero-order chi connectivity index (χ0) is 13.2. The fraction of sp³-hybridized carbons (Fsp3) is 0.133. The number of aromatic amines is 1. The number of aromatic nitrogens is 2. The summed E-state index contributed by atoms with van der Waals surface area (Å²) in [5.74, 6) is 0.922. The van der Waals surface area contributed by atoms with Crippen molar-refractivity contribution in [3.8, 4) is 0 Å². The van der Waals surface area contributed by atoms with Crippen molar-refractivity contribution in [3.05, 3.63) is 53.7 Å². The Kier molecular flexibility index (Phi) is 3.17. The zero-order valence-electron chi connectivity index (χ0n) is 10.7. The average molecular weight is 269 g/mol. The molecule has 0 saturated carbocycles. The van der Waals surface area contributed by atoms with Crippen molar-refractivity contribution in [2.45, 2.75) is 17.6 Å². The Bertz CT molecular complexity index is 718. The van der Waals surface area contributed by atoms with Crippen molar-refractivity contribution in [1.29, 1.82) is 0 Å². The normalized spacial score (nSPS) is 11.0. The lowest BCUT2D eigenvalue weighted by atomic mass is 10.2. The van der Waals surface area contributed by atoms with Gasteiger partial charge in [0.05, 0.1) is 11.7 Å². The van der Waals surface area contributed by atoms with E-state index in [9.17, 15) is 0 Å². The number of thioether (sulfide) groups is 1. The van der Waals surface area contributed by atoms with E-state index >= 15 is 0 Å². The molecule has 0 aliphatic rings. The molecule has 0 spiro atoms. The van der Waals surface area contributed by atoms with Crippen LogP contribution in [0.5, 0.6) is 0 Å². The second kappa shape index (κ2) is 4.97. The first-order chi connectivity index (χ1) is 9.22. The molecule has 1 aromatic heterocycles. The van der Waals surface area contributed by atoms with Gasteiger partial charge in [-0.2, -0.15) is 5.10 Å². The van der Waals surface area contributed by atoms with Crippen LogP contribution >= 0.6 is 11.8 Å². The van der Waals surface area contributed by atoms with Crippen LogP contribution in [0.2, 0.25) is 0 Å². The summed E-state index contributed by atoms with van der Waals surface area (Å²) in [5.41, 5.74) is 10.5. The van der Waals surface area contributed by atoms with Crippen molar-refractivity contribution >= 4 is 28.4 Å². The average Bonchev–Trinajstić information content (AvgIpc) is 2.83. The Morgan fingerprint density at radius 2 is 2.16 bits per heavy atom. The number of anilines is 1. The highest BCUT2D eigenvalue weighted by Crippen LogP contribution is 2.31. The smallest absolute Gasteiger partial charge is 0.0662 e. The van der Waals surface area contributed by atoms with Gasteiger partial charge in [0.2, 0.25) is 0 Å². The SMILES string of the molecule is Cc1cccc(CSc2cc3[nH]ncc3cc2N)c1. The Morgan fingerprint density at radius 3 is 3.00 bits per heavy atom. The van der Waals surface area contributed by atoms with E-state index in [2.05, 4.69) is 47.5 Å². The number of hydrogen-bond acceptors (Lipinski definition) is 3. The summed E-state index contributed by atoms with van der Waals surface area (Å²) in [7, 11) is 0. The summed E-state index contributed by atoms with van der Waals surface area (Å²) < 4.78 is 0. The Labute approximate surface area is 116 Å². The molecule has 1 heterocycles. The molecule has 3 N–H and O–H groups in total. The number of nitrogen functional groups attached to an aromatic ring is 1. The lowest BCUT2D eigenvalue weighted by Crippen LogP contribution is -1.89. The molecule has 4 heteroatoms. The molecule has 0 bridgehead atoms. The Hall–Kier alpha value is -1.94. The van der Waals surface area contributed by atoms with E-state index < -0.39 is 0 Å². The van der Waals surface area contributed by atoms with Crippen LogP contribution in [0.3, 0.4) is 0 Å². The van der Waals surface area contributed by atoms with Crippen molar-refractivity contribution < 1.29 is 0 Å². The molecule has 0 unspecified atom stereocenters. The summed E-state index contributed by atoms with van der Waals surface area (Å²) in [4.78, 5) is 1.10. The highest BCUT2D eigenvalue weighted by Gasteiger charge is 2.05. The Balaban J connectivity index is 1.83. The van der Waals surface area contributed by atoms with Gasteiger partial charge in [-0.1, -0.05) is 29.8 Å². The zero-order valence-corrected chi connectivity index (χ0v) is 11.5. The number of nitrogens with zero attached hydrogens (tertiary/aromatic N) is 1. The number of fused-ring (bicyclic) bond motifs is 1. The van der Waals surface area contributed by atoms with Gasteiger partial charge < -0.3 is 5.73 Å². The predicted molar refractivity (Wildman–Crippen MR) is 81.2 cm³/mol. The molecular formula is C15H15N3S. The van der Waals surface area contributed by atoms with E-state index in [1.807, 2.05) is 6.07 Å². The van der Waals surface area contributed by atoms with Gasteiger partial charge in [0, 0.05) is 21.7 Å². The maximum Gasteiger partial charge on any atom is 0.0662 e. The van der Waals surface area contributed by atoms with Crippen LogP contribution in [0.25, 0.3) is 10.9 Å². The summed E-state index contributed by atoms with van der Waals surface area (Å²) in [5, 5.41) is 8.05. The van der Waals surface area contributed by atoms with Gasteiger partial charge in [0.1, 0.15) is 0 Å². The topological polar surface area (TPSA) is 54.7 Å². The number of nitrogens with one attached hydrogen (secondary N) is 1. The Morgan fingerprint density at radius 1 is 1.26 bits per heavy atom. The van der Waals surface area contributed by atoms with Crippen LogP contribution in [0.1, 0.15) is 11.1 Å².